The van der Waals surface area contributed by atoms with Crippen LogP contribution in [0.25, 0.3) is 0 Å². The average Bonchev–Trinajstić information content (AvgIpc) is 1.99. The van der Waals surface area contributed by atoms with Crippen LogP contribution in [0.1, 0.15) is 52.9 Å². The molecule has 3 atom stereocenters. The second-order valence-electron chi connectivity index (χ2n) is 4.32. The van der Waals surface area contributed by atoms with Gasteiger partial charge < -0.3 is 0 Å². The Balaban J connectivity index is 2.38. The van der Waals surface area contributed by atoms with Gasteiger partial charge in [0, 0.05) is 0 Å². The van der Waals surface area contributed by atoms with Gasteiger partial charge >= 0.3 is 0 Å². The first-order chi connectivity index (χ1) is 5.25. The van der Waals surface area contributed by atoms with Crippen molar-refractivity contribution in [1.82, 2.24) is 0 Å². The third kappa shape index (κ3) is 2.21. The molecule has 0 heteroatoms. The Morgan fingerprint density at radius 1 is 1.18 bits per heavy atom. The highest BCUT2D eigenvalue weighted by Gasteiger charge is 2.25. The van der Waals surface area contributed by atoms with Crippen LogP contribution in [0.15, 0.2) is 0 Å². The summed E-state index contributed by atoms with van der Waals surface area (Å²) in [5.74, 6) is 3.02. The summed E-state index contributed by atoms with van der Waals surface area (Å²) in [5, 5.41) is 0. The molecule has 0 aromatic rings. The lowest BCUT2D eigenvalue weighted by atomic mass is 9.72. The van der Waals surface area contributed by atoms with Crippen LogP contribution in [0, 0.1) is 17.8 Å². The van der Waals surface area contributed by atoms with Crippen molar-refractivity contribution in [2.45, 2.75) is 52.9 Å². The number of hydrogen-bond donors (Lipinski definition) is 0. The van der Waals surface area contributed by atoms with E-state index in [4.69, 9.17) is 0 Å². The summed E-state index contributed by atoms with van der Waals surface area (Å²) in [6.07, 6.45) is 7.30. The molecule has 0 amide bonds. The molecular weight excluding hydrogens is 132 g/mol. The normalized spacial score (nSPS) is 39.0. The maximum atomic E-state index is 2.45. The highest BCUT2D eigenvalue weighted by atomic mass is 14.3. The van der Waals surface area contributed by atoms with E-state index < -0.39 is 0 Å². The monoisotopic (exact) mass is 154 g/mol. The molecule has 1 aliphatic carbocycles. The minimum atomic E-state index is 0.986. The van der Waals surface area contributed by atoms with E-state index >= 15 is 0 Å². The third-order valence-electron chi connectivity index (χ3n) is 3.53. The maximum Gasteiger partial charge on any atom is -0.0386 e. The van der Waals surface area contributed by atoms with Gasteiger partial charge in [-0.15, -0.1) is 0 Å². The van der Waals surface area contributed by atoms with Crippen molar-refractivity contribution in [1.29, 1.82) is 0 Å². The molecule has 1 rings (SSSR count). The van der Waals surface area contributed by atoms with E-state index in [9.17, 15) is 0 Å². The molecule has 0 aliphatic heterocycles. The molecule has 1 fully saturated rings. The van der Waals surface area contributed by atoms with Gasteiger partial charge in [-0.05, 0) is 17.8 Å². The summed E-state index contributed by atoms with van der Waals surface area (Å²) in [6.45, 7) is 7.18. The van der Waals surface area contributed by atoms with Gasteiger partial charge in [-0.3, -0.25) is 0 Å². The fourth-order valence-electron chi connectivity index (χ4n) is 2.47. The zero-order valence-electron chi connectivity index (χ0n) is 8.27. The zero-order valence-corrected chi connectivity index (χ0v) is 8.27. The van der Waals surface area contributed by atoms with Gasteiger partial charge in [0.15, 0.2) is 0 Å². The molecule has 0 saturated heterocycles. The first kappa shape index (κ1) is 9.09. The smallest absolute Gasteiger partial charge is 0.0386 e. The minimum Gasteiger partial charge on any atom is -0.0654 e. The van der Waals surface area contributed by atoms with E-state index in [0.717, 1.165) is 17.8 Å². The van der Waals surface area contributed by atoms with Gasteiger partial charge in [-0.1, -0.05) is 52.9 Å². The molecule has 1 aliphatic rings. The standard InChI is InChI=1S/C11H22/c1-4-6-11-8-5-7-9(2)10(11)3/h9-11H,4-8H2,1-3H3. The van der Waals surface area contributed by atoms with Crippen LogP contribution < -0.4 is 0 Å². The lowest BCUT2D eigenvalue weighted by Crippen LogP contribution is -2.23. The number of rotatable bonds is 2. The summed E-state index contributed by atoms with van der Waals surface area (Å²) in [4.78, 5) is 0. The van der Waals surface area contributed by atoms with Crippen molar-refractivity contribution in [2.24, 2.45) is 17.8 Å². The van der Waals surface area contributed by atoms with Crippen LogP contribution in [-0.4, -0.2) is 0 Å². The Morgan fingerprint density at radius 3 is 2.55 bits per heavy atom. The van der Waals surface area contributed by atoms with Crippen LogP contribution in [0.5, 0.6) is 0 Å². The van der Waals surface area contributed by atoms with Gasteiger partial charge in [0.05, 0.1) is 0 Å². The fourth-order valence-corrected chi connectivity index (χ4v) is 2.47. The van der Waals surface area contributed by atoms with Crippen LogP contribution in [0.3, 0.4) is 0 Å². The minimum absolute atomic E-state index is 0.986. The Kier molecular flexibility index (Phi) is 3.42. The van der Waals surface area contributed by atoms with E-state index in [1.165, 1.54) is 32.1 Å². The topological polar surface area (TPSA) is 0 Å². The Labute approximate surface area is 71.4 Å². The molecule has 1 saturated carbocycles. The van der Waals surface area contributed by atoms with Crippen molar-refractivity contribution in [3.63, 3.8) is 0 Å². The second-order valence-corrected chi connectivity index (χ2v) is 4.32. The summed E-state index contributed by atoms with van der Waals surface area (Å²) in [7, 11) is 0. The largest absolute Gasteiger partial charge is 0.0654 e. The van der Waals surface area contributed by atoms with E-state index in [1.54, 1.807) is 0 Å². The molecule has 0 bridgehead atoms. The second kappa shape index (κ2) is 4.13. The van der Waals surface area contributed by atoms with E-state index in [-0.39, 0.29) is 0 Å². The van der Waals surface area contributed by atoms with Gasteiger partial charge in [0.1, 0.15) is 0 Å². The molecule has 0 radical (unpaired) electrons. The van der Waals surface area contributed by atoms with Crippen LogP contribution in [0.4, 0.5) is 0 Å². The van der Waals surface area contributed by atoms with Gasteiger partial charge in [0.2, 0.25) is 0 Å². The van der Waals surface area contributed by atoms with Crippen molar-refractivity contribution < 1.29 is 0 Å². The highest BCUT2D eigenvalue weighted by molar-refractivity contribution is 4.76. The SMILES string of the molecule is CCCC1CCCC(C)C1C. The molecule has 0 aromatic heterocycles. The molecule has 0 spiro atoms. The molecule has 0 aromatic carbocycles. The lowest BCUT2D eigenvalue weighted by molar-refractivity contribution is 0.172. The summed E-state index contributed by atoms with van der Waals surface area (Å²) >= 11 is 0. The predicted octanol–water partition coefficient (Wildman–Crippen LogP) is 3.86. The molecule has 0 heterocycles. The highest BCUT2D eigenvalue weighted by Crippen LogP contribution is 2.36. The molecule has 11 heavy (non-hydrogen) atoms. The Hall–Kier alpha value is 0. The third-order valence-corrected chi connectivity index (χ3v) is 3.53. The lowest BCUT2D eigenvalue weighted by Gasteiger charge is -2.33. The summed E-state index contributed by atoms with van der Waals surface area (Å²) in [5.41, 5.74) is 0. The van der Waals surface area contributed by atoms with Crippen molar-refractivity contribution in [2.75, 3.05) is 0 Å². The average molecular weight is 154 g/mol. The fraction of sp³-hybridized carbons (Fsp3) is 1.00. The van der Waals surface area contributed by atoms with Crippen molar-refractivity contribution >= 4 is 0 Å². The van der Waals surface area contributed by atoms with Gasteiger partial charge in [-0.2, -0.15) is 0 Å². The molecule has 0 nitrogen and oxygen atoms in total. The van der Waals surface area contributed by atoms with Crippen molar-refractivity contribution in [3.8, 4) is 0 Å². The van der Waals surface area contributed by atoms with Crippen LogP contribution in [0.2, 0.25) is 0 Å². The van der Waals surface area contributed by atoms with Crippen LogP contribution >= 0.6 is 0 Å². The quantitative estimate of drug-likeness (QED) is 0.566. The molecule has 3 unspecified atom stereocenters. The molecule has 0 N–H and O–H groups in total. The Morgan fingerprint density at radius 2 is 1.91 bits per heavy atom. The van der Waals surface area contributed by atoms with Crippen molar-refractivity contribution in [3.05, 3.63) is 0 Å². The molecule has 66 valence electrons. The molecular formula is C11H22. The zero-order chi connectivity index (χ0) is 8.27. The predicted molar refractivity (Wildman–Crippen MR) is 50.6 cm³/mol. The van der Waals surface area contributed by atoms with E-state index in [1.807, 2.05) is 0 Å². The van der Waals surface area contributed by atoms with E-state index in [2.05, 4.69) is 20.8 Å². The maximum absolute atomic E-state index is 2.45. The van der Waals surface area contributed by atoms with E-state index in [0.29, 0.717) is 0 Å². The summed E-state index contributed by atoms with van der Waals surface area (Å²) in [6, 6.07) is 0. The first-order valence-corrected chi connectivity index (χ1v) is 5.25. The summed E-state index contributed by atoms with van der Waals surface area (Å²) < 4.78 is 0. The Bertz CT molecular complexity index is 105. The first-order valence-electron chi connectivity index (χ1n) is 5.25. The van der Waals surface area contributed by atoms with Crippen LogP contribution in [-0.2, 0) is 0 Å². The number of hydrogen-bond acceptors (Lipinski definition) is 0. The van der Waals surface area contributed by atoms with Gasteiger partial charge in [0.25, 0.3) is 0 Å². The van der Waals surface area contributed by atoms with Gasteiger partial charge in [-0.25, -0.2) is 0 Å².